The predicted octanol–water partition coefficient (Wildman–Crippen LogP) is 2.80. The lowest BCUT2D eigenvalue weighted by molar-refractivity contribution is -0.131. The number of nitrogens with zero attached hydrogens (tertiary/aromatic N) is 3. The van der Waals surface area contributed by atoms with Crippen LogP contribution in [0, 0.1) is 6.92 Å². The predicted molar refractivity (Wildman–Crippen MR) is 103 cm³/mol. The Hall–Kier alpha value is -2.95. The van der Waals surface area contributed by atoms with Crippen LogP contribution in [0.15, 0.2) is 59.7 Å². The molecule has 134 valence electrons. The first-order valence-corrected chi connectivity index (χ1v) is 8.86. The average Bonchev–Trinajstić information content (AvgIpc) is 2.66. The molecular formula is C21H23N3O2. The highest BCUT2D eigenvalue weighted by molar-refractivity contribution is 5.82. The van der Waals surface area contributed by atoms with Crippen molar-refractivity contribution in [2.75, 3.05) is 13.1 Å². The first-order chi connectivity index (χ1) is 12.6. The van der Waals surface area contributed by atoms with Crippen molar-refractivity contribution in [1.29, 1.82) is 0 Å². The highest BCUT2D eigenvalue weighted by atomic mass is 16.2. The number of benzene rings is 1. The van der Waals surface area contributed by atoms with E-state index in [-0.39, 0.29) is 18.0 Å². The van der Waals surface area contributed by atoms with Gasteiger partial charge in [0, 0.05) is 31.0 Å². The molecule has 0 fully saturated rings. The summed E-state index contributed by atoms with van der Waals surface area (Å²) in [5.74, 6) is -0.0422. The van der Waals surface area contributed by atoms with Crippen LogP contribution in [0.25, 0.3) is 10.9 Å². The molecule has 0 unspecified atom stereocenters. The molecule has 1 aromatic carbocycles. The van der Waals surface area contributed by atoms with Crippen molar-refractivity contribution in [2.45, 2.75) is 26.8 Å². The minimum absolute atomic E-state index is 0.0422. The van der Waals surface area contributed by atoms with Gasteiger partial charge >= 0.3 is 0 Å². The summed E-state index contributed by atoms with van der Waals surface area (Å²) in [6.45, 7) is 5.05. The van der Waals surface area contributed by atoms with Crippen LogP contribution >= 0.6 is 0 Å². The number of aryl methyl sites for hydroxylation is 1. The third-order valence-corrected chi connectivity index (χ3v) is 4.63. The Morgan fingerprint density at radius 1 is 1.15 bits per heavy atom. The van der Waals surface area contributed by atoms with E-state index in [9.17, 15) is 9.59 Å². The fourth-order valence-electron chi connectivity index (χ4n) is 3.14. The number of likely N-dealkylation sites (N-methyl/N-ethyl adjacent to an activating group) is 1. The Labute approximate surface area is 152 Å². The minimum Gasteiger partial charge on any atom is -0.341 e. The molecule has 2 aromatic heterocycles. The second-order valence-corrected chi connectivity index (χ2v) is 6.36. The monoisotopic (exact) mass is 349 g/mol. The van der Waals surface area contributed by atoms with Crippen molar-refractivity contribution in [3.8, 4) is 0 Å². The van der Waals surface area contributed by atoms with Gasteiger partial charge in [0.1, 0.15) is 6.54 Å². The molecule has 0 saturated carbocycles. The summed E-state index contributed by atoms with van der Waals surface area (Å²) in [4.78, 5) is 31.2. The van der Waals surface area contributed by atoms with E-state index in [1.165, 1.54) is 0 Å². The Bertz CT molecular complexity index is 964. The summed E-state index contributed by atoms with van der Waals surface area (Å²) in [6, 6.07) is 13.5. The van der Waals surface area contributed by atoms with E-state index in [0.717, 1.165) is 22.9 Å². The number of pyridine rings is 2. The second-order valence-electron chi connectivity index (χ2n) is 6.36. The molecule has 2 heterocycles. The molecule has 0 bridgehead atoms. The van der Waals surface area contributed by atoms with Crippen LogP contribution in [0.4, 0.5) is 0 Å². The number of carbonyl (C=O) groups excluding carboxylic acids is 1. The Morgan fingerprint density at radius 2 is 1.88 bits per heavy atom. The van der Waals surface area contributed by atoms with Crippen LogP contribution in [-0.4, -0.2) is 33.4 Å². The van der Waals surface area contributed by atoms with Crippen molar-refractivity contribution in [3.05, 3.63) is 76.3 Å². The van der Waals surface area contributed by atoms with Gasteiger partial charge in [-0.3, -0.25) is 19.1 Å². The normalized spacial score (nSPS) is 10.8. The lowest BCUT2D eigenvalue weighted by Crippen LogP contribution is -2.38. The van der Waals surface area contributed by atoms with Gasteiger partial charge < -0.3 is 4.90 Å². The molecule has 0 atom stereocenters. The number of aromatic nitrogens is 2. The zero-order valence-corrected chi connectivity index (χ0v) is 15.2. The zero-order chi connectivity index (χ0) is 18.5. The van der Waals surface area contributed by atoms with Gasteiger partial charge in [0.05, 0.1) is 5.52 Å². The number of amides is 1. The molecule has 0 N–H and O–H groups in total. The lowest BCUT2D eigenvalue weighted by atomic mass is 10.1. The van der Waals surface area contributed by atoms with Crippen LogP contribution < -0.4 is 5.56 Å². The molecule has 0 radical (unpaired) electrons. The molecule has 0 aliphatic rings. The molecular weight excluding hydrogens is 326 g/mol. The third-order valence-electron chi connectivity index (χ3n) is 4.63. The summed E-state index contributed by atoms with van der Waals surface area (Å²) < 4.78 is 1.59. The van der Waals surface area contributed by atoms with E-state index in [2.05, 4.69) is 4.98 Å². The van der Waals surface area contributed by atoms with Crippen molar-refractivity contribution in [1.82, 2.24) is 14.5 Å². The number of hydrogen-bond acceptors (Lipinski definition) is 3. The van der Waals surface area contributed by atoms with Gasteiger partial charge in [-0.1, -0.05) is 18.2 Å². The standard InChI is InChI=1S/C21H23N3O2/c1-3-23(13-10-17-8-11-22-12-9-17)20(25)15-24-19-7-5-4-6-18(19)14-16(2)21(24)26/h4-9,11-12,14H,3,10,13,15H2,1-2H3. The minimum atomic E-state index is -0.109. The van der Waals surface area contributed by atoms with E-state index >= 15 is 0 Å². The molecule has 0 spiro atoms. The van der Waals surface area contributed by atoms with Crippen LogP contribution in [-0.2, 0) is 17.8 Å². The van der Waals surface area contributed by atoms with Crippen LogP contribution in [0.2, 0.25) is 0 Å². The van der Waals surface area contributed by atoms with Crippen molar-refractivity contribution < 1.29 is 4.79 Å². The van der Waals surface area contributed by atoms with E-state index in [4.69, 9.17) is 0 Å². The first kappa shape index (κ1) is 17.9. The van der Waals surface area contributed by atoms with Gasteiger partial charge in [0.15, 0.2) is 0 Å². The van der Waals surface area contributed by atoms with Gasteiger partial charge in [-0.25, -0.2) is 0 Å². The number of carbonyl (C=O) groups is 1. The molecule has 5 heteroatoms. The SMILES string of the molecule is CCN(CCc1ccncc1)C(=O)Cn1c(=O)c(C)cc2ccccc21. The van der Waals surface area contributed by atoms with Crippen LogP contribution in [0.1, 0.15) is 18.1 Å². The highest BCUT2D eigenvalue weighted by Crippen LogP contribution is 2.13. The van der Waals surface area contributed by atoms with E-state index in [0.29, 0.717) is 18.7 Å². The molecule has 0 saturated heterocycles. The molecule has 0 aliphatic carbocycles. The largest absolute Gasteiger partial charge is 0.341 e. The maximum Gasteiger partial charge on any atom is 0.254 e. The van der Waals surface area contributed by atoms with Gasteiger partial charge in [-0.15, -0.1) is 0 Å². The van der Waals surface area contributed by atoms with Crippen LogP contribution in [0.5, 0.6) is 0 Å². The molecule has 26 heavy (non-hydrogen) atoms. The molecule has 3 rings (SSSR count). The first-order valence-electron chi connectivity index (χ1n) is 8.86. The van der Waals surface area contributed by atoms with Gasteiger partial charge in [0.2, 0.25) is 5.91 Å². The van der Waals surface area contributed by atoms with Gasteiger partial charge in [-0.2, -0.15) is 0 Å². The molecule has 1 amide bonds. The summed E-state index contributed by atoms with van der Waals surface area (Å²) in [5.41, 5.74) is 2.48. The summed E-state index contributed by atoms with van der Waals surface area (Å²) in [5, 5.41) is 0.970. The fraction of sp³-hybridized carbons (Fsp3) is 0.286. The molecule has 5 nitrogen and oxygen atoms in total. The van der Waals surface area contributed by atoms with Crippen molar-refractivity contribution in [3.63, 3.8) is 0 Å². The maximum atomic E-state index is 12.8. The Balaban J connectivity index is 1.81. The molecule has 0 aliphatic heterocycles. The number of fused-ring (bicyclic) bond motifs is 1. The van der Waals surface area contributed by atoms with Crippen LogP contribution in [0.3, 0.4) is 0 Å². The van der Waals surface area contributed by atoms with E-state index in [1.807, 2.05) is 49.4 Å². The topological polar surface area (TPSA) is 55.2 Å². The summed E-state index contributed by atoms with van der Waals surface area (Å²) >= 11 is 0. The fourth-order valence-corrected chi connectivity index (χ4v) is 3.14. The molecule has 3 aromatic rings. The van der Waals surface area contributed by atoms with E-state index < -0.39 is 0 Å². The third kappa shape index (κ3) is 3.82. The summed E-state index contributed by atoms with van der Waals surface area (Å²) in [6.07, 6.45) is 4.28. The number of hydrogen-bond donors (Lipinski definition) is 0. The van der Waals surface area contributed by atoms with Crippen molar-refractivity contribution in [2.24, 2.45) is 0 Å². The summed E-state index contributed by atoms with van der Waals surface area (Å²) in [7, 11) is 0. The zero-order valence-electron chi connectivity index (χ0n) is 15.2. The van der Waals surface area contributed by atoms with Gasteiger partial charge in [-0.05, 0) is 55.5 Å². The Morgan fingerprint density at radius 3 is 2.62 bits per heavy atom. The van der Waals surface area contributed by atoms with E-state index in [1.54, 1.807) is 28.8 Å². The smallest absolute Gasteiger partial charge is 0.254 e. The second kappa shape index (κ2) is 7.95. The van der Waals surface area contributed by atoms with Gasteiger partial charge in [0.25, 0.3) is 5.56 Å². The number of rotatable bonds is 6. The Kier molecular flexibility index (Phi) is 5.46. The maximum absolute atomic E-state index is 12.8. The number of para-hydroxylation sites is 1. The average molecular weight is 349 g/mol. The highest BCUT2D eigenvalue weighted by Gasteiger charge is 2.15. The van der Waals surface area contributed by atoms with Crippen molar-refractivity contribution >= 4 is 16.8 Å². The lowest BCUT2D eigenvalue weighted by Gasteiger charge is -2.22. The quantitative estimate of drug-likeness (QED) is 0.688.